The molecule has 2 aromatic rings. The average molecular weight is 299 g/mol. The predicted octanol–water partition coefficient (Wildman–Crippen LogP) is 4.28. The fourth-order valence-electron chi connectivity index (χ4n) is 3.67. The van der Waals surface area contributed by atoms with E-state index >= 15 is 0 Å². The molecule has 0 saturated carbocycles. The van der Waals surface area contributed by atoms with Crippen LogP contribution in [0.25, 0.3) is 0 Å². The minimum absolute atomic E-state index is 0.421. The summed E-state index contributed by atoms with van der Waals surface area (Å²) in [5.74, 6) is 1.39. The lowest BCUT2D eigenvalue weighted by molar-refractivity contribution is 0.545. The fourth-order valence-corrected chi connectivity index (χ4v) is 3.96. The van der Waals surface area contributed by atoms with Crippen LogP contribution in [-0.4, -0.2) is 9.97 Å². The molecule has 1 unspecified atom stereocenters. The van der Waals surface area contributed by atoms with Gasteiger partial charge in [-0.3, -0.25) is 0 Å². The number of fused-ring (bicyclic) bond motifs is 2. The molecule has 21 heavy (non-hydrogen) atoms. The van der Waals surface area contributed by atoms with Crippen molar-refractivity contribution >= 4 is 11.6 Å². The van der Waals surface area contributed by atoms with Gasteiger partial charge in [0, 0.05) is 17.2 Å². The van der Waals surface area contributed by atoms with Crippen molar-refractivity contribution in [3.63, 3.8) is 0 Å². The van der Waals surface area contributed by atoms with Crippen LogP contribution in [0.4, 0.5) is 0 Å². The first kappa shape index (κ1) is 13.3. The van der Waals surface area contributed by atoms with Crippen molar-refractivity contribution in [1.29, 1.82) is 0 Å². The van der Waals surface area contributed by atoms with Crippen LogP contribution < -0.4 is 0 Å². The largest absolute Gasteiger partial charge is 0.237 e. The van der Waals surface area contributed by atoms with Crippen LogP contribution in [0, 0.1) is 0 Å². The second-order valence-electron chi connectivity index (χ2n) is 6.21. The number of benzene rings is 1. The molecule has 1 aromatic carbocycles. The molecule has 3 heteroatoms. The Morgan fingerprint density at radius 1 is 0.952 bits per heavy atom. The quantitative estimate of drug-likeness (QED) is 0.734. The molecule has 0 aliphatic heterocycles. The summed E-state index contributed by atoms with van der Waals surface area (Å²) in [5.41, 5.74) is 5.34. The lowest BCUT2D eigenvalue weighted by atomic mass is 9.83. The molecule has 0 N–H and O–H groups in total. The molecule has 2 aliphatic rings. The molecular weight excluding hydrogens is 280 g/mol. The molecule has 1 atom stereocenters. The second-order valence-corrected chi connectivity index (χ2v) is 6.57. The third-order valence-electron chi connectivity index (χ3n) is 4.86. The van der Waals surface area contributed by atoms with Crippen molar-refractivity contribution < 1.29 is 0 Å². The Balaban J connectivity index is 1.67. The van der Waals surface area contributed by atoms with E-state index in [4.69, 9.17) is 16.6 Å². The number of aryl methyl sites for hydroxylation is 2. The van der Waals surface area contributed by atoms with Gasteiger partial charge in [-0.2, -0.15) is 0 Å². The van der Waals surface area contributed by atoms with Crippen molar-refractivity contribution in [2.24, 2.45) is 0 Å². The Morgan fingerprint density at radius 2 is 1.76 bits per heavy atom. The van der Waals surface area contributed by atoms with Crippen molar-refractivity contribution in [1.82, 2.24) is 9.97 Å². The van der Waals surface area contributed by atoms with Crippen LogP contribution in [0.3, 0.4) is 0 Å². The average Bonchev–Trinajstić information content (AvgIpc) is 2.54. The summed E-state index contributed by atoms with van der Waals surface area (Å²) < 4.78 is 0. The monoisotopic (exact) mass is 298 g/mol. The molecule has 0 saturated heterocycles. The van der Waals surface area contributed by atoms with Gasteiger partial charge in [-0.15, -0.1) is 0 Å². The maximum atomic E-state index is 6.42. The van der Waals surface area contributed by atoms with Crippen molar-refractivity contribution in [2.75, 3.05) is 0 Å². The summed E-state index contributed by atoms with van der Waals surface area (Å²) >= 11 is 6.42. The number of rotatable bonds is 1. The number of nitrogens with zero attached hydrogens (tertiary/aromatic N) is 2. The van der Waals surface area contributed by atoms with Gasteiger partial charge in [0.25, 0.3) is 0 Å². The van der Waals surface area contributed by atoms with Gasteiger partial charge in [-0.1, -0.05) is 35.9 Å². The van der Waals surface area contributed by atoms with Gasteiger partial charge < -0.3 is 0 Å². The predicted molar refractivity (Wildman–Crippen MR) is 84.9 cm³/mol. The highest BCUT2D eigenvalue weighted by Crippen LogP contribution is 2.33. The van der Waals surface area contributed by atoms with E-state index < -0.39 is 0 Å². The zero-order valence-electron chi connectivity index (χ0n) is 12.1. The molecular formula is C18H19ClN2. The summed E-state index contributed by atoms with van der Waals surface area (Å²) in [4.78, 5) is 9.51. The van der Waals surface area contributed by atoms with Crippen LogP contribution in [0.2, 0.25) is 5.15 Å². The van der Waals surface area contributed by atoms with E-state index in [1.54, 1.807) is 0 Å². The highest BCUT2D eigenvalue weighted by Gasteiger charge is 2.25. The molecule has 1 heterocycles. The summed E-state index contributed by atoms with van der Waals surface area (Å²) in [7, 11) is 0. The van der Waals surface area contributed by atoms with E-state index in [2.05, 4.69) is 29.2 Å². The maximum Gasteiger partial charge on any atom is 0.136 e. The highest BCUT2D eigenvalue weighted by molar-refractivity contribution is 6.30. The Morgan fingerprint density at radius 3 is 2.67 bits per heavy atom. The van der Waals surface area contributed by atoms with E-state index in [0.29, 0.717) is 11.1 Å². The molecule has 4 rings (SSSR count). The molecule has 0 bridgehead atoms. The molecule has 2 nitrogen and oxygen atoms in total. The van der Waals surface area contributed by atoms with Gasteiger partial charge in [0.05, 0.1) is 0 Å². The SMILES string of the molecule is Clc1nc(C2CCc3ccccc3C2)nc2c1CCCC2. The Hall–Kier alpha value is -1.41. The van der Waals surface area contributed by atoms with E-state index in [1.165, 1.54) is 35.2 Å². The van der Waals surface area contributed by atoms with Gasteiger partial charge in [0.15, 0.2) is 0 Å². The summed E-state index contributed by atoms with van der Waals surface area (Å²) in [6.45, 7) is 0. The van der Waals surface area contributed by atoms with Crippen LogP contribution in [0.5, 0.6) is 0 Å². The van der Waals surface area contributed by atoms with Gasteiger partial charge in [0.2, 0.25) is 0 Å². The maximum absolute atomic E-state index is 6.42. The van der Waals surface area contributed by atoms with E-state index in [9.17, 15) is 0 Å². The Kier molecular flexibility index (Phi) is 3.42. The standard InChI is InChI=1S/C18H19ClN2/c19-17-15-7-3-4-8-16(15)20-18(21-17)14-10-9-12-5-1-2-6-13(12)11-14/h1-2,5-6,14H,3-4,7-11H2. The van der Waals surface area contributed by atoms with Gasteiger partial charge in [-0.05, 0) is 56.1 Å². The fraction of sp³-hybridized carbons (Fsp3) is 0.444. The lowest BCUT2D eigenvalue weighted by Crippen LogP contribution is -2.18. The van der Waals surface area contributed by atoms with Crippen molar-refractivity contribution in [3.8, 4) is 0 Å². The minimum atomic E-state index is 0.421. The minimum Gasteiger partial charge on any atom is -0.237 e. The smallest absolute Gasteiger partial charge is 0.136 e. The van der Waals surface area contributed by atoms with Gasteiger partial charge in [0.1, 0.15) is 11.0 Å². The molecule has 108 valence electrons. The molecule has 0 radical (unpaired) electrons. The Bertz CT molecular complexity index is 681. The summed E-state index contributed by atoms with van der Waals surface area (Å²) in [6, 6.07) is 8.74. The summed E-state index contributed by atoms with van der Waals surface area (Å²) in [6.07, 6.45) is 7.85. The number of halogens is 1. The molecule has 1 aromatic heterocycles. The van der Waals surface area contributed by atoms with Crippen LogP contribution in [-0.2, 0) is 25.7 Å². The van der Waals surface area contributed by atoms with E-state index in [1.807, 2.05) is 0 Å². The summed E-state index contributed by atoms with van der Waals surface area (Å²) in [5, 5.41) is 0.702. The zero-order chi connectivity index (χ0) is 14.2. The number of hydrogen-bond acceptors (Lipinski definition) is 2. The van der Waals surface area contributed by atoms with Crippen LogP contribution in [0.15, 0.2) is 24.3 Å². The lowest BCUT2D eigenvalue weighted by Gasteiger charge is -2.25. The molecule has 0 amide bonds. The van der Waals surface area contributed by atoms with E-state index in [-0.39, 0.29) is 0 Å². The third kappa shape index (κ3) is 2.46. The Labute approximate surface area is 130 Å². The first-order valence-corrected chi connectivity index (χ1v) is 8.31. The first-order valence-electron chi connectivity index (χ1n) is 7.93. The topological polar surface area (TPSA) is 25.8 Å². The van der Waals surface area contributed by atoms with E-state index in [0.717, 1.165) is 37.9 Å². The normalized spacial score (nSPS) is 20.7. The number of aromatic nitrogens is 2. The zero-order valence-corrected chi connectivity index (χ0v) is 12.9. The van der Waals surface area contributed by atoms with Gasteiger partial charge >= 0.3 is 0 Å². The highest BCUT2D eigenvalue weighted by atomic mass is 35.5. The molecule has 0 fully saturated rings. The second kappa shape index (κ2) is 5.42. The van der Waals surface area contributed by atoms with Crippen LogP contribution in [0.1, 0.15) is 53.4 Å². The van der Waals surface area contributed by atoms with Crippen LogP contribution >= 0.6 is 11.6 Å². The van der Waals surface area contributed by atoms with Gasteiger partial charge in [-0.25, -0.2) is 9.97 Å². The van der Waals surface area contributed by atoms with Crippen molar-refractivity contribution in [3.05, 3.63) is 57.6 Å². The third-order valence-corrected chi connectivity index (χ3v) is 5.17. The first-order chi connectivity index (χ1) is 10.3. The number of hydrogen-bond donors (Lipinski definition) is 0. The van der Waals surface area contributed by atoms with Crippen molar-refractivity contribution in [2.45, 2.75) is 50.9 Å². The molecule has 2 aliphatic carbocycles. The molecule has 0 spiro atoms.